The lowest BCUT2D eigenvalue weighted by atomic mass is 9.91. The van der Waals surface area contributed by atoms with Crippen molar-refractivity contribution in [3.63, 3.8) is 0 Å². The van der Waals surface area contributed by atoms with E-state index < -0.39 is 91.4 Å². The maximum atomic E-state index is 15.2. The lowest BCUT2D eigenvalue weighted by Crippen LogP contribution is -2.04. The van der Waals surface area contributed by atoms with Gasteiger partial charge in [-0.05, 0) is 61.7 Å². The van der Waals surface area contributed by atoms with Crippen LogP contribution >= 0.6 is 0 Å². The molecule has 5 aromatic carbocycles. The second kappa shape index (κ2) is 15.3. The topological polar surface area (TPSA) is 113 Å². The van der Waals surface area contributed by atoms with E-state index in [1.54, 1.807) is 12.1 Å². The van der Waals surface area contributed by atoms with Gasteiger partial charge in [-0.25, -0.2) is 65.0 Å². The van der Waals surface area contributed by atoms with Crippen molar-refractivity contribution in [2.75, 3.05) is 0 Å². The van der Waals surface area contributed by atoms with Crippen LogP contribution in [0.5, 0.6) is 0 Å². The zero-order valence-electron chi connectivity index (χ0n) is 30.4. The van der Waals surface area contributed by atoms with Crippen LogP contribution in [0.2, 0.25) is 0 Å². The van der Waals surface area contributed by atoms with Crippen LogP contribution in [0.4, 0.5) is 40.8 Å². The Balaban J connectivity index is 1.43. The minimum Gasteiger partial charge on any atom is -0.237 e. The molecule has 2 aliphatic carbocycles. The van der Waals surface area contributed by atoms with Crippen LogP contribution in [-0.4, -0.2) is 0 Å². The molecule has 0 radical (unpaired) electrons. The fraction of sp³-hybridized carbons (Fsp3) is 0. The van der Waals surface area contributed by atoms with Gasteiger partial charge in [0.2, 0.25) is 5.70 Å². The summed E-state index contributed by atoms with van der Waals surface area (Å²) in [6.45, 7) is 30.4. The van der Waals surface area contributed by atoms with Gasteiger partial charge in [-0.1, -0.05) is 54.6 Å². The van der Waals surface area contributed by atoms with Gasteiger partial charge in [0.05, 0.1) is 55.1 Å². The molecule has 290 valence electrons. The Labute approximate surface area is 344 Å². The molecule has 0 aromatic heterocycles. The number of benzene rings is 5. The largest absolute Gasteiger partial charge is 0.270 e. The second-order valence-electron chi connectivity index (χ2n) is 12.9. The first-order valence-electron chi connectivity index (χ1n) is 17.0. The Kier molecular flexibility index (Phi) is 10.0. The van der Waals surface area contributed by atoms with Crippen molar-refractivity contribution in [2.24, 2.45) is 0 Å². The first kappa shape index (κ1) is 40.6. The molecule has 0 saturated heterocycles. The summed E-state index contributed by atoms with van der Waals surface area (Å²) in [5.41, 5.74) is -8.01. The minimum atomic E-state index is -1.96. The number of nitrogens with zero attached hydrogens (tertiary/aromatic N) is 8. The highest BCUT2D eigenvalue weighted by atomic mass is 19.2. The average molecular weight is 827 g/mol. The predicted molar refractivity (Wildman–Crippen MR) is 205 cm³/mol. The summed E-state index contributed by atoms with van der Waals surface area (Å²) >= 11 is 0. The van der Waals surface area contributed by atoms with Crippen LogP contribution in [0.15, 0.2) is 72.1 Å². The molecule has 0 aliphatic heterocycles. The summed E-state index contributed by atoms with van der Waals surface area (Å²) in [6.07, 6.45) is 0. The van der Waals surface area contributed by atoms with Crippen molar-refractivity contribution in [3.8, 4) is 46.5 Å². The van der Waals surface area contributed by atoms with Crippen molar-refractivity contribution >= 4 is 39.2 Å². The molecule has 8 nitrogen and oxygen atoms in total. The van der Waals surface area contributed by atoms with E-state index in [0.717, 1.165) is 30.3 Å². The molecular weight excluding hydrogens is 817 g/mol. The number of hydrogen-bond donors (Lipinski definition) is 0. The zero-order chi connectivity index (χ0) is 44.9. The number of rotatable bonds is 4. The highest BCUT2D eigenvalue weighted by molar-refractivity contribution is 6.27. The summed E-state index contributed by atoms with van der Waals surface area (Å²) in [7, 11) is 0. The second-order valence-corrected chi connectivity index (χ2v) is 12.9. The van der Waals surface area contributed by atoms with Crippen LogP contribution in [0.25, 0.3) is 75.2 Å². The zero-order valence-corrected chi connectivity index (χ0v) is 30.4. The summed E-state index contributed by atoms with van der Waals surface area (Å²) in [5.74, 6) is -15.4. The van der Waals surface area contributed by atoms with Gasteiger partial charge in [0.1, 0.15) is 17.7 Å². The van der Waals surface area contributed by atoms with E-state index in [1.165, 1.54) is 36.4 Å². The number of allylic oxidation sites excluding steroid dienone is 7. The van der Waals surface area contributed by atoms with E-state index in [2.05, 4.69) is 19.4 Å². The molecule has 62 heavy (non-hydrogen) atoms. The summed E-state index contributed by atoms with van der Waals surface area (Å²) in [6, 6.07) is 18.5. The molecule has 0 amide bonds. The maximum Gasteiger partial charge on any atom is 0.270 e. The molecule has 0 spiro atoms. The van der Waals surface area contributed by atoms with E-state index >= 15 is 17.6 Å². The SMILES string of the molecule is [C-]#[N+]C1=C(c2ccc(C3=C(C#N)c4cc(-c5c(F)c(F)c([N+]#[C-])c(F)c5F)ccc4/C3=C(/C#N)[N+]#[C-])cc2)/C(=C(/C#N)[N+]#[C-])c2ccc(-c3c(F)c(F)c(C#N)c(F)c3F)cc21. The number of fused-ring (bicyclic) bond motifs is 2. The minimum absolute atomic E-state index is 0.0411. The van der Waals surface area contributed by atoms with Crippen LogP contribution < -0.4 is 0 Å². The third-order valence-electron chi connectivity index (χ3n) is 9.99. The Morgan fingerprint density at radius 3 is 1.29 bits per heavy atom. The van der Waals surface area contributed by atoms with Gasteiger partial charge in [-0.2, -0.15) is 10.5 Å². The van der Waals surface area contributed by atoms with Gasteiger partial charge in [0.15, 0.2) is 46.5 Å². The first-order valence-corrected chi connectivity index (χ1v) is 17.0. The number of halogens is 8. The van der Waals surface area contributed by atoms with Crippen molar-refractivity contribution in [3.05, 3.63) is 203 Å². The van der Waals surface area contributed by atoms with Gasteiger partial charge in [-0.15, -0.1) is 0 Å². The number of nitriles is 4. The molecule has 0 heterocycles. The van der Waals surface area contributed by atoms with Crippen LogP contribution in [-0.2, 0) is 0 Å². The lowest BCUT2D eigenvalue weighted by molar-refractivity contribution is 0.454. The molecule has 2 aliphatic rings. The molecule has 0 fully saturated rings. The van der Waals surface area contributed by atoms with E-state index in [4.69, 9.17) is 31.6 Å². The average Bonchev–Trinajstić information content (AvgIpc) is 3.78. The predicted octanol–water partition coefficient (Wildman–Crippen LogP) is 12.1. The smallest absolute Gasteiger partial charge is 0.237 e. The summed E-state index contributed by atoms with van der Waals surface area (Å²) < 4.78 is 119. The van der Waals surface area contributed by atoms with Crippen molar-refractivity contribution < 1.29 is 35.1 Å². The Hall–Kier alpha value is -9.58. The highest BCUT2D eigenvalue weighted by Gasteiger charge is 2.35. The third kappa shape index (κ3) is 5.74. The first-order chi connectivity index (χ1) is 29.8. The van der Waals surface area contributed by atoms with Crippen molar-refractivity contribution in [2.45, 2.75) is 0 Å². The Morgan fingerprint density at radius 2 is 0.871 bits per heavy atom. The highest BCUT2D eigenvalue weighted by Crippen LogP contribution is 2.52. The van der Waals surface area contributed by atoms with E-state index in [9.17, 15) is 33.3 Å². The third-order valence-corrected chi connectivity index (χ3v) is 9.99. The fourth-order valence-electron chi connectivity index (χ4n) is 7.35. The number of hydrogen-bond acceptors (Lipinski definition) is 4. The molecular formula is C46H10F8N8. The molecule has 0 atom stereocenters. The van der Waals surface area contributed by atoms with Gasteiger partial charge >= 0.3 is 0 Å². The van der Waals surface area contributed by atoms with Crippen LogP contribution in [0, 0.1) is 118 Å². The van der Waals surface area contributed by atoms with E-state index in [-0.39, 0.29) is 66.9 Å². The van der Waals surface area contributed by atoms with Crippen LogP contribution in [0.3, 0.4) is 0 Å². The lowest BCUT2D eigenvalue weighted by Gasteiger charge is -2.13. The Bertz CT molecular complexity index is 3150. The molecule has 0 saturated carbocycles. The van der Waals surface area contributed by atoms with Gasteiger partial charge in [0.25, 0.3) is 17.1 Å². The van der Waals surface area contributed by atoms with E-state index in [0.29, 0.717) is 0 Å². The van der Waals surface area contributed by atoms with Gasteiger partial charge < -0.3 is 0 Å². The van der Waals surface area contributed by atoms with Crippen molar-refractivity contribution in [1.29, 1.82) is 21.0 Å². The molecule has 5 aromatic rings. The molecule has 0 bridgehead atoms. The quantitative estimate of drug-likeness (QED) is 0.0777. The summed E-state index contributed by atoms with van der Waals surface area (Å²) in [4.78, 5) is 12.6. The van der Waals surface area contributed by atoms with Crippen molar-refractivity contribution in [1.82, 2.24) is 0 Å². The molecule has 0 unspecified atom stereocenters. The molecule has 16 heteroatoms. The monoisotopic (exact) mass is 826 g/mol. The molecule has 7 rings (SSSR count). The maximum absolute atomic E-state index is 15.2. The van der Waals surface area contributed by atoms with E-state index in [1.807, 2.05) is 6.07 Å². The summed E-state index contributed by atoms with van der Waals surface area (Å²) in [5, 5.41) is 39.4. The Morgan fingerprint density at radius 1 is 0.452 bits per heavy atom. The fourth-order valence-corrected chi connectivity index (χ4v) is 7.35. The van der Waals surface area contributed by atoms with Crippen LogP contribution in [0.1, 0.15) is 38.9 Å². The van der Waals surface area contributed by atoms with Gasteiger partial charge in [0, 0.05) is 11.1 Å². The standard InChI is InChI=1S/C46H10F8N8/c1-59-29(17-57)35-23-11-9-21(34-41(51)43(53)46(62-4)44(54)42(34)52)13-25(23)27(15-55)31(35)19-5-7-20(8-6-19)32-36(30(18-58)60-2)24-12-10-22(14-26(24)45(32)61-3)33-39(49)37(47)28(16-56)38(48)40(33)50/h5-14H/b35-29+,36-30-. The van der Waals surface area contributed by atoms with Gasteiger partial charge in [-0.3, -0.25) is 0 Å². The molecule has 0 N–H and O–H groups in total. The normalized spacial score (nSPS) is 13.9.